The van der Waals surface area contributed by atoms with Crippen LogP contribution in [0.5, 0.6) is 0 Å². The Bertz CT molecular complexity index is 508. The smallest absolute Gasteiger partial charge is 0.442 e. The minimum atomic E-state index is -2.73. The van der Waals surface area contributed by atoms with E-state index in [-0.39, 0.29) is 0 Å². The fourth-order valence-electron chi connectivity index (χ4n) is 1.15. The van der Waals surface area contributed by atoms with Crippen LogP contribution in [0.15, 0.2) is 39.6 Å². The van der Waals surface area contributed by atoms with Crippen molar-refractivity contribution in [3.05, 3.63) is 30.3 Å². The number of rotatable bonds is 1. The summed E-state index contributed by atoms with van der Waals surface area (Å²) in [6.45, 7) is 5.21. The van der Waals surface area contributed by atoms with Crippen molar-refractivity contribution >= 4 is 15.8 Å². The molecule has 0 fully saturated rings. The zero-order valence-electron chi connectivity index (χ0n) is 10.5. The summed E-state index contributed by atoms with van der Waals surface area (Å²) in [4.78, 5) is 12.0. The van der Waals surface area contributed by atoms with Crippen molar-refractivity contribution in [1.82, 2.24) is 0 Å². The van der Waals surface area contributed by atoms with Gasteiger partial charge in [-0.05, 0) is 32.9 Å². The minimum absolute atomic E-state index is 0.519. The summed E-state index contributed by atoms with van der Waals surface area (Å²) in [5, 5.41) is 0. The van der Waals surface area contributed by atoms with E-state index in [0.29, 0.717) is 4.90 Å². The van der Waals surface area contributed by atoms with Gasteiger partial charge in [-0.1, -0.05) is 18.2 Å². The maximum Gasteiger partial charge on any atom is 0.442 e. The number of amides is 1. The fourth-order valence-corrected chi connectivity index (χ4v) is 2.24. The lowest BCUT2D eigenvalue weighted by molar-refractivity contribution is 0.0607. The van der Waals surface area contributed by atoms with Gasteiger partial charge in [0.25, 0.3) is 0 Å². The second-order valence-electron chi connectivity index (χ2n) is 4.69. The highest BCUT2D eigenvalue weighted by Crippen LogP contribution is 2.13. The Kier molecular flexibility index (Phi) is 3.93. The molecule has 0 aliphatic carbocycles. The molecule has 5 heteroatoms. The molecule has 0 bridgehead atoms. The molecule has 1 unspecified atom stereocenters. The highest BCUT2D eigenvalue weighted by Gasteiger charge is 2.17. The summed E-state index contributed by atoms with van der Waals surface area (Å²) in [7, 11) is -2.73. The van der Waals surface area contributed by atoms with Crippen molar-refractivity contribution in [2.24, 2.45) is 4.36 Å². The van der Waals surface area contributed by atoms with Gasteiger partial charge < -0.3 is 4.74 Å². The number of nitrogens with zero attached hydrogens (tertiary/aromatic N) is 1. The lowest BCUT2D eigenvalue weighted by atomic mass is 10.2. The molecule has 1 amide bonds. The highest BCUT2D eigenvalue weighted by molar-refractivity contribution is 7.93. The fraction of sp³-hybridized carbons (Fsp3) is 0.417. The van der Waals surface area contributed by atoms with Gasteiger partial charge in [-0.15, -0.1) is 4.36 Å². The van der Waals surface area contributed by atoms with E-state index in [4.69, 9.17) is 4.74 Å². The normalized spacial score (nSPS) is 14.8. The summed E-state index contributed by atoms with van der Waals surface area (Å²) in [6.07, 6.45) is 0.626. The number of hydrogen-bond donors (Lipinski definition) is 0. The van der Waals surface area contributed by atoms with Gasteiger partial charge in [0.2, 0.25) is 0 Å². The summed E-state index contributed by atoms with van der Waals surface area (Å²) in [5.41, 5.74) is -0.632. The Hall–Kier alpha value is -1.36. The van der Waals surface area contributed by atoms with E-state index in [0.717, 1.165) is 0 Å². The Balaban J connectivity index is 2.99. The van der Waals surface area contributed by atoms with Gasteiger partial charge in [-0.2, -0.15) is 0 Å². The van der Waals surface area contributed by atoms with Gasteiger partial charge in [0, 0.05) is 11.2 Å². The molecule has 0 N–H and O–H groups in total. The molecule has 1 aromatic carbocycles. The molecule has 0 aromatic heterocycles. The largest absolute Gasteiger partial charge is 0.442 e. The molecular weight excluding hydrogens is 238 g/mol. The monoisotopic (exact) mass is 255 g/mol. The molecule has 0 aliphatic heterocycles. The van der Waals surface area contributed by atoms with Gasteiger partial charge in [0.05, 0.1) is 9.73 Å². The average molecular weight is 255 g/mol. The van der Waals surface area contributed by atoms with Gasteiger partial charge in [0.1, 0.15) is 5.60 Å². The number of hydrogen-bond acceptors (Lipinski definition) is 3. The number of carbonyl (C=O) groups excluding carboxylic acids is 1. The van der Waals surface area contributed by atoms with Crippen LogP contribution in [0.3, 0.4) is 0 Å². The quantitative estimate of drug-likeness (QED) is 0.775. The van der Waals surface area contributed by atoms with Crippen LogP contribution in [0.25, 0.3) is 0 Å². The lowest BCUT2D eigenvalue weighted by Gasteiger charge is -2.17. The van der Waals surface area contributed by atoms with Crippen LogP contribution >= 0.6 is 0 Å². The SMILES string of the molecule is CC(C)(C)OC(=O)N=S(C)(=O)c1ccccc1. The lowest BCUT2D eigenvalue weighted by Crippen LogP contribution is -2.22. The first-order valence-electron chi connectivity index (χ1n) is 5.21. The van der Waals surface area contributed by atoms with Crippen molar-refractivity contribution in [2.45, 2.75) is 31.3 Å². The minimum Gasteiger partial charge on any atom is -0.442 e. The van der Waals surface area contributed by atoms with E-state index in [2.05, 4.69) is 4.36 Å². The molecule has 17 heavy (non-hydrogen) atoms. The Morgan fingerprint density at radius 3 is 2.24 bits per heavy atom. The molecule has 0 saturated carbocycles. The van der Waals surface area contributed by atoms with Crippen LogP contribution < -0.4 is 0 Å². The van der Waals surface area contributed by atoms with E-state index >= 15 is 0 Å². The van der Waals surface area contributed by atoms with Crippen LogP contribution in [0.4, 0.5) is 4.79 Å². The Labute approximate surface area is 102 Å². The van der Waals surface area contributed by atoms with Gasteiger partial charge >= 0.3 is 6.09 Å². The van der Waals surface area contributed by atoms with E-state index < -0.39 is 21.4 Å². The number of carbonyl (C=O) groups is 1. The third kappa shape index (κ3) is 4.56. The summed E-state index contributed by atoms with van der Waals surface area (Å²) >= 11 is 0. The number of benzene rings is 1. The van der Waals surface area contributed by atoms with Gasteiger partial charge in [-0.3, -0.25) is 0 Å². The zero-order chi connectivity index (χ0) is 13.1. The average Bonchev–Trinajstić information content (AvgIpc) is 2.15. The van der Waals surface area contributed by atoms with Crippen molar-refractivity contribution in [1.29, 1.82) is 0 Å². The van der Waals surface area contributed by atoms with Crippen LogP contribution in [0, 0.1) is 0 Å². The maximum absolute atomic E-state index is 12.2. The molecule has 0 aliphatic rings. The molecule has 0 spiro atoms. The van der Waals surface area contributed by atoms with Crippen molar-refractivity contribution in [2.75, 3.05) is 6.26 Å². The zero-order valence-corrected chi connectivity index (χ0v) is 11.3. The Morgan fingerprint density at radius 1 is 1.24 bits per heavy atom. The summed E-state index contributed by atoms with van der Waals surface area (Å²) in [6, 6.07) is 8.67. The molecule has 94 valence electrons. The molecule has 1 atom stereocenters. The predicted molar refractivity (Wildman–Crippen MR) is 67.4 cm³/mol. The van der Waals surface area contributed by atoms with Gasteiger partial charge in [0.15, 0.2) is 0 Å². The third-order valence-corrected chi connectivity index (χ3v) is 3.47. The van der Waals surface area contributed by atoms with E-state index in [9.17, 15) is 9.00 Å². The predicted octanol–water partition coefficient (Wildman–Crippen LogP) is 3.08. The topological polar surface area (TPSA) is 55.7 Å². The second kappa shape index (κ2) is 4.87. The summed E-state index contributed by atoms with van der Waals surface area (Å²) < 4.78 is 20.9. The van der Waals surface area contributed by atoms with E-state index in [1.165, 1.54) is 6.26 Å². The maximum atomic E-state index is 12.2. The van der Waals surface area contributed by atoms with Crippen molar-refractivity contribution < 1.29 is 13.7 Å². The third-order valence-electron chi connectivity index (χ3n) is 1.82. The molecule has 0 heterocycles. The second-order valence-corrected chi connectivity index (χ2v) is 6.95. The first kappa shape index (κ1) is 13.7. The molecule has 4 nitrogen and oxygen atoms in total. The molecular formula is C12H17NO3S. The molecule has 1 rings (SSSR count). The summed E-state index contributed by atoms with van der Waals surface area (Å²) in [5.74, 6) is 0. The van der Waals surface area contributed by atoms with Gasteiger partial charge in [-0.25, -0.2) is 9.00 Å². The first-order valence-corrected chi connectivity index (χ1v) is 7.13. The van der Waals surface area contributed by atoms with E-state index in [1.54, 1.807) is 45.0 Å². The first-order chi connectivity index (χ1) is 7.71. The standard InChI is InChI=1S/C12H17NO3S/c1-12(2,3)16-11(14)13-17(4,15)10-8-6-5-7-9-10/h5-9H,1-4H3. The number of ether oxygens (including phenoxy) is 1. The molecule has 0 saturated heterocycles. The van der Waals surface area contributed by atoms with Crippen LogP contribution in [-0.4, -0.2) is 22.2 Å². The van der Waals surface area contributed by atoms with Crippen molar-refractivity contribution in [3.8, 4) is 0 Å². The molecule has 0 radical (unpaired) electrons. The Morgan fingerprint density at radius 2 is 1.76 bits per heavy atom. The van der Waals surface area contributed by atoms with E-state index in [1.807, 2.05) is 6.07 Å². The highest BCUT2D eigenvalue weighted by atomic mass is 32.2. The molecule has 1 aromatic rings. The van der Waals surface area contributed by atoms with Crippen LogP contribution in [0.1, 0.15) is 20.8 Å². The van der Waals surface area contributed by atoms with Crippen molar-refractivity contribution in [3.63, 3.8) is 0 Å². The van der Waals surface area contributed by atoms with Crippen LogP contribution in [-0.2, 0) is 14.5 Å². The van der Waals surface area contributed by atoms with Crippen LogP contribution in [0.2, 0.25) is 0 Å².